The quantitative estimate of drug-likeness (QED) is 0.536. The minimum atomic E-state index is -0.284. The van der Waals surface area contributed by atoms with E-state index in [-0.39, 0.29) is 18.3 Å². The molecule has 2 aromatic carbocycles. The Kier molecular flexibility index (Phi) is 7.95. The first-order chi connectivity index (χ1) is 15.1. The molecule has 3 aromatic rings. The second kappa shape index (κ2) is 11.1. The van der Waals surface area contributed by atoms with Crippen molar-refractivity contribution >= 4 is 11.6 Å². The number of nitrogens with zero attached hydrogens (tertiary/aromatic N) is 2. The van der Waals surface area contributed by atoms with Gasteiger partial charge in [-0.05, 0) is 29.8 Å². The number of amides is 1. The van der Waals surface area contributed by atoms with Crippen LogP contribution in [0.2, 0.25) is 0 Å². The highest BCUT2D eigenvalue weighted by atomic mass is 19.1. The molecule has 162 valence electrons. The zero-order valence-corrected chi connectivity index (χ0v) is 17.7. The Bertz CT molecular complexity index is 959. The van der Waals surface area contributed by atoms with E-state index in [2.05, 4.69) is 10.3 Å². The molecular weight excluding hydrogens is 397 g/mol. The van der Waals surface area contributed by atoms with Gasteiger partial charge in [-0.2, -0.15) is 0 Å². The number of hydrogen-bond acceptors (Lipinski definition) is 5. The molecule has 0 aliphatic heterocycles. The van der Waals surface area contributed by atoms with Crippen LogP contribution >= 0.6 is 0 Å². The standard InChI is InChI=1S/C24H26FN3O3/c1-30-22-13-21(14-23(15-22)31-2)27-24(29)17-28(12-10-20-5-3-4-11-26-20)16-18-6-8-19(25)9-7-18/h3-9,11,13-15H,10,12,16-17H2,1-2H3,(H,27,29). The van der Waals surface area contributed by atoms with Crippen LogP contribution in [0.5, 0.6) is 11.5 Å². The smallest absolute Gasteiger partial charge is 0.238 e. The molecule has 0 bridgehead atoms. The number of rotatable bonds is 10. The number of methoxy groups -OCH3 is 2. The molecule has 1 heterocycles. The largest absolute Gasteiger partial charge is 0.497 e. The van der Waals surface area contributed by atoms with Crippen molar-refractivity contribution in [1.82, 2.24) is 9.88 Å². The van der Waals surface area contributed by atoms with Crippen molar-refractivity contribution in [2.24, 2.45) is 0 Å². The van der Waals surface area contributed by atoms with E-state index in [1.165, 1.54) is 12.1 Å². The lowest BCUT2D eigenvalue weighted by molar-refractivity contribution is -0.117. The molecule has 31 heavy (non-hydrogen) atoms. The molecule has 1 amide bonds. The number of pyridine rings is 1. The van der Waals surface area contributed by atoms with Crippen LogP contribution in [-0.2, 0) is 17.8 Å². The molecule has 6 nitrogen and oxygen atoms in total. The summed E-state index contributed by atoms with van der Waals surface area (Å²) >= 11 is 0. The van der Waals surface area contributed by atoms with Gasteiger partial charge in [0.2, 0.25) is 5.91 Å². The molecule has 0 saturated carbocycles. The number of halogens is 1. The first kappa shape index (κ1) is 22.2. The van der Waals surface area contributed by atoms with Crippen LogP contribution in [-0.4, -0.2) is 43.1 Å². The number of nitrogens with one attached hydrogen (secondary N) is 1. The number of benzene rings is 2. The number of carbonyl (C=O) groups is 1. The number of carbonyl (C=O) groups excluding carboxylic acids is 1. The van der Waals surface area contributed by atoms with Crippen molar-refractivity contribution < 1.29 is 18.7 Å². The molecule has 0 saturated heterocycles. The van der Waals surface area contributed by atoms with E-state index < -0.39 is 0 Å². The average molecular weight is 423 g/mol. The summed E-state index contributed by atoms with van der Waals surface area (Å²) in [6.45, 7) is 1.31. The van der Waals surface area contributed by atoms with Crippen molar-refractivity contribution in [1.29, 1.82) is 0 Å². The van der Waals surface area contributed by atoms with E-state index >= 15 is 0 Å². The number of hydrogen-bond donors (Lipinski definition) is 1. The van der Waals surface area contributed by atoms with E-state index in [4.69, 9.17) is 9.47 Å². The Morgan fingerprint density at radius 1 is 1.03 bits per heavy atom. The molecule has 0 atom stereocenters. The summed E-state index contributed by atoms with van der Waals surface area (Å²) in [7, 11) is 3.12. The van der Waals surface area contributed by atoms with Crippen LogP contribution in [0.1, 0.15) is 11.3 Å². The molecule has 1 aromatic heterocycles. The first-order valence-corrected chi connectivity index (χ1v) is 9.95. The van der Waals surface area contributed by atoms with Crippen LogP contribution < -0.4 is 14.8 Å². The molecule has 0 aliphatic rings. The Hall–Kier alpha value is -3.45. The molecule has 0 unspecified atom stereocenters. The van der Waals surface area contributed by atoms with Crippen LogP contribution in [0, 0.1) is 5.82 Å². The van der Waals surface area contributed by atoms with Crippen LogP contribution in [0.15, 0.2) is 66.9 Å². The third-order valence-corrected chi connectivity index (χ3v) is 4.73. The molecule has 0 aliphatic carbocycles. The van der Waals surface area contributed by atoms with Crippen LogP contribution in [0.25, 0.3) is 0 Å². The van der Waals surface area contributed by atoms with Gasteiger partial charge in [-0.3, -0.25) is 14.7 Å². The third kappa shape index (κ3) is 7.08. The van der Waals surface area contributed by atoms with Gasteiger partial charge in [0.05, 0.1) is 20.8 Å². The van der Waals surface area contributed by atoms with Gasteiger partial charge < -0.3 is 14.8 Å². The predicted molar refractivity (Wildman–Crippen MR) is 118 cm³/mol. The van der Waals surface area contributed by atoms with Crippen molar-refractivity contribution in [3.63, 3.8) is 0 Å². The Morgan fingerprint density at radius 2 is 1.74 bits per heavy atom. The fraction of sp³-hybridized carbons (Fsp3) is 0.250. The summed E-state index contributed by atoms with van der Waals surface area (Å²) in [6, 6.07) is 17.3. The highest BCUT2D eigenvalue weighted by Crippen LogP contribution is 2.25. The summed E-state index contributed by atoms with van der Waals surface area (Å²) in [5, 5.41) is 2.90. The summed E-state index contributed by atoms with van der Waals surface area (Å²) < 4.78 is 23.8. The number of aromatic nitrogens is 1. The number of anilines is 1. The van der Waals surface area contributed by atoms with E-state index in [1.807, 2.05) is 23.1 Å². The maximum absolute atomic E-state index is 13.3. The van der Waals surface area contributed by atoms with Crippen molar-refractivity contribution in [3.05, 3.63) is 83.9 Å². The molecule has 0 radical (unpaired) electrons. The van der Waals surface area contributed by atoms with Crippen LogP contribution in [0.4, 0.5) is 10.1 Å². The molecule has 3 rings (SSSR count). The highest BCUT2D eigenvalue weighted by molar-refractivity contribution is 5.92. The normalized spacial score (nSPS) is 10.7. The Morgan fingerprint density at radius 3 is 2.35 bits per heavy atom. The molecule has 7 heteroatoms. The molecule has 1 N–H and O–H groups in total. The maximum Gasteiger partial charge on any atom is 0.238 e. The lowest BCUT2D eigenvalue weighted by Crippen LogP contribution is -2.34. The van der Waals surface area contributed by atoms with Crippen molar-refractivity contribution in [3.8, 4) is 11.5 Å². The topological polar surface area (TPSA) is 63.7 Å². The maximum atomic E-state index is 13.3. The zero-order chi connectivity index (χ0) is 22.1. The van der Waals surface area contributed by atoms with E-state index in [1.54, 1.807) is 50.7 Å². The van der Waals surface area contributed by atoms with Gasteiger partial charge in [-0.1, -0.05) is 18.2 Å². The first-order valence-electron chi connectivity index (χ1n) is 9.95. The highest BCUT2D eigenvalue weighted by Gasteiger charge is 2.14. The van der Waals surface area contributed by atoms with Gasteiger partial charge in [-0.15, -0.1) is 0 Å². The monoisotopic (exact) mass is 423 g/mol. The van der Waals surface area contributed by atoms with E-state index in [0.29, 0.717) is 36.7 Å². The Labute approximate surface area is 181 Å². The summed E-state index contributed by atoms with van der Waals surface area (Å²) in [6.07, 6.45) is 2.45. The predicted octanol–water partition coefficient (Wildman–Crippen LogP) is 3.92. The van der Waals surface area contributed by atoms with Gasteiger partial charge in [0.1, 0.15) is 17.3 Å². The number of ether oxygens (including phenoxy) is 2. The SMILES string of the molecule is COc1cc(NC(=O)CN(CCc2ccccn2)Cc2ccc(F)cc2)cc(OC)c1. The summed E-state index contributed by atoms with van der Waals surface area (Å²) in [4.78, 5) is 19.1. The lowest BCUT2D eigenvalue weighted by Gasteiger charge is -2.22. The van der Waals surface area contributed by atoms with Crippen LogP contribution in [0.3, 0.4) is 0 Å². The molecular formula is C24H26FN3O3. The third-order valence-electron chi connectivity index (χ3n) is 4.73. The van der Waals surface area contributed by atoms with Gasteiger partial charge >= 0.3 is 0 Å². The van der Waals surface area contributed by atoms with Gasteiger partial charge in [0.25, 0.3) is 0 Å². The second-order valence-electron chi connectivity index (χ2n) is 7.06. The minimum Gasteiger partial charge on any atom is -0.497 e. The lowest BCUT2D eigenvalue weighted by atomic mass is 10.2. The van der Waals surface area contributed by atoms with Crippen molar-refractivity contribution in [2.75, 3.05) is 32.6 Å². The summed E-state index contributed by atoms with van der Waals surface area (Å²) in [5.41, 5.74) is 2.47. The Balaban J connectivity index is 1.68. The van der Waals surface area contributed by atoms with E-state index in [9.17, 15) is 9.18 Å². The minimum absolute atomic E-state index is 0.168. The second-order valence-corrected chi connectivity index (χ2v) is 7.06. The van der Waals surface area contributed by atoms with Gasteiger partial charge in [0, 0.05) is 55.3 Å². The summed E-state index contributed by atoms with van der Waals surface area (Å²) in [5.74, 6) is 0.730. The van der Waals surface area contributed by atoms with Crippen molar-refractivity contribution in [2.45, 2.75) is 13.0 Å². The van der Waals surface area contributed by atoms with Gasteiger partial charge in [-0.25, -0.2) is 4.39 Å². The fourth-order valence-electron chi connectivity index (χ4n) is 3.16. The molecule has 0 spiro atoms. The average Bonchev–Trinajstić information content (AvgIpc) is 2.79. The van der Waals surface area contributed by atoms with Gasteiger partial charge in [0.15, 0.2) is 0 Å². The fourth-order valence-corrected chi connectivity index (χ4v) is 3.16. The zero-order valence-electron chi connectivity index (χ0n) is 17.7. The van der Waals surface area contributed by atoms with E-state index in [0.717, 1.165) is 11.3 Å². The molecule has 0 fully saturated rings.